The molecular formula is C14H8BrF3O3. The van der Waals surface area contributed by atoms with Crippen LogP contribution in [0.4, 0.5) is 13.2 Å². The largest absolute Gasteiger partial charge is 0.478 e. The van der Waals surface area contributed by atoms with Gasteiger partial charge in [-0.05, 0) is 36.4 Å². The summed E-state index contributed by atoms with van der Waals surface area (Å²) in [5.74, 6) is -1.68. The van der Waals surface area contributed by atoms with Crippen LogP contribution in [0.1, 0.15) is 15.9 Å². The minimum absolute atomic E-state index is 0.206. The van der Waals surface area contributed by atoms with Gasteiger partial charge < -0.3 is 9.84 Å². The normalized spacial score (nSPS) is 11.2. The summed E-state index contributed by atoms with van der Waals surface area (Å²) >= 11 is 3.18. The molecule has 0 saturated heterocycles. The van der Waals surface area contributed by atoms with Gasteiger partial charge in [0.2, 0.25) is 0 Å². The molecular weight excluding hydrogens is 353 g/mol. The van der Waals surface area contributed by atoms with Gasteiger partial charge in [0, 0.05) is 4.47 Å². The Bertz CT molecular complexity index is 683. The predicted octanol–water partition coefficient (Wildman–Crippen LogP) is 4.96. The van der Waals surface area contributed by atoms with Crippen molar-refractivity contribution in [2.75, 3.05) is 0 Å². The van der Waals surface area contributed by atoms with Gasteiger partial charge in [-0.1, -0.05) is 22.0 Å². The molecule has 0 fully saturated rings. The van der Waals surface area contributed by atoms with Crippen LogP contribution < -0.4 is 4.74 Å². The predicted molar refractivity (Wildman–Crippen MR) is 72.6 cm³/mol. The zero-order chi connectivity index (χ0) is 15.6. The fourth-order valence-corrected chi connectivity index (χ4v) is 2.01. The summed E-state index contributed by atoms with van der Waals surface area (Å²) in [5.41, 5.74) is -1.59. The van der Waals surface area contributed by atoms with Gasteiger partial charge in [-0.2, -0.15) is 13.2 Å². The summed E-state index contributed by atoms with van der Waals surface area (Å²) in [4.78, 5) is 10.8. The van der Waals surface area contributed by atoms with E-state index >= 15 is 0 Å². The Hall–Kier alpha value is -2.02. The molecule has 2 aromatic rings. The Morgan fingerprint density at radius 3 is 2.43 bits per heavy atom. The number of benzene rings is 2. The van der Waals surface area contributed by atoms with Crippen molar-refractivity contribution in [1.29, 1.82) is 0 Å². The summed E-state index contributed by atoms with van der Waals surface area (Å²) in [6.45, 7) is 0. The number of carbonyl (C=O) groups is 1. The lowest BCUT2D eigenvalue weighted by atomic mass is 10.1. The molecule has 0 radical (unpaired) electrons. The Morgan fingerprint density at radius 1 is 1.14 bits per heavy atom. The molecule has 0 atom stereocenters. The number of hydrogen-bond acceptors (Lipinski definition) is 2. The maximum Gasteiger partial charge on any atom is 0.420 e. The fourth-order valence-electron chi connectivity index (χ4n) is 1.63. The molecule has 7 heteroatoms. The minimum atomic E-state index is -4.72. The van der Waals surface area contributed by atoms with E-state index in [0.29, 0.717) is 10.5 Å². The first-order valence-corrected chi connectivity index (χ1v) is 6.44. The molecule has 0 aromatic heterocycles. The van der Waals surface area contributed by atoms with E-state index < -0.39 is 29.0 Å². The Morgan fingerprint density at radius 2 is 1.86 bits per heavy atom. The zero-order valence-corrected chi connectivity index (χ0v) is 11.9. The number of ether oxygens (including phenoxy) is 1. The number of aromatic carboxylic acids is 1. The molecule has 110 valence electrons. The number of carboxylic acids is 1. The van der Waals surface area contributed by atoms with Crippen LogP contribution in [0, 0.1) is 0 Å². The molecule has 0 saturated carbocycles. The maximum absolute atomic E-state index is 13.0. The summed E-state index contributed by atoms with van der Waals surface area (Å²) in [5, 5.41) is 8.78. The van der Waals surface area contributed by atoms with E-state index in [0.717, 1.165) is 12.1 Å². The van der Waals surface area contributed by atoms with Crippen LogP contribution in [-0.2, 0) is 6.18 Å². The van der Waals surface area contributed by atoms with E-state index in [1.807, 2.05) is 0 Å². The van der Waals surface area contributed by atoms with E-state index in [9.17, 15) is 18.0 Å². The molecule has 0 amide bonds. The summed E-state index contributed by atoms with van der Waals surface area (Å²) in [7, 11) is 0. The van der Waals surface area contributed by atoms with Gasteiger partial charge in [0.25, 0.3) is 0 Å². The molecule has 0 aliphatic rings. The number of alkyl halides is 3. The van der Waals surface area contributed by atoms with Gasteiger partial charge in [-0.25, -0.2) is 4.79 Å². The highest BCUT2D eigenvalue weighted by molar-refractivity contribution is 9.10. The van der Waals surface area contributed by atoms with Crippen LogP contribution in [0.3, 0.4) is 0 Å². The van der Waals surface area contributed by atoms with Gasteiger partial charge >= 0.3 is 12.1 Å². The molecule has 2 rings (SSSR count). The highest BCUT2D eigenvalue weighted by Gasteiger charge is 2.35. The van der Waals surface area contributed by atoms with Crippen LogP contribution in [0.25, 0.3) is 0 Å². The number of hydrogen-bond donors (Lipinski definition) is 1. The quantitative estimate of drug-likeness (QED) is 0.841. The second kappa shape index (κ2) is 5.77. The lowest BCUT2D eigenvalue weighted by Crippen LogP contribution is -2.09. The van der Waals surface area contributed by atoms with Crippen LogP contribution in [0.2, 0.25) is 0 Å². The monoisotopic (exact) mass is 360 g/mol. The molecule has 0 bridgehead atoms. The lowest BCUT2D eigenvalue weighted by Gasteiger charge is -2.14. The smallest absolute Gasteiger partial charge is 0.420 e. The number of rotatable bonds is 3. The molecule has 0 unspecified atom stereocenters. The first kappa shape index (κ1) is 15.4. The topological polar surface area (TPSA) is 46.5 Å². The van der Waals surface area contributed by atoms with Gasteiger partial charge in [0.15, 0.2) is 0 Å². The first-order chi connectivity index (χ1) is 9.77. The SMILES string of the molecule is O=C(O)c1ccc(Oc2cccc(Br)c2)c(C(F)(F)F)c1. The summed E-state index contributed by atoms with van der Waals surface area (Å²) in [6, 6.07) is 8.92. The van der Waals surface area contributed by atoms with Gasteiger partial charge in [0.1, 0.15) is 11.5 Å². The minimum Gasteiger partial charge on any atom is -0.478 e. The molecule has 0 spiro atoms. The van der Waals surface area contributed by atoms with E-state index in [1.54, 1.807) is 12.1 Å². The van der Waals surface area contributed by atoms with Crippen molar-refractivity contribution in [3.8, 4) is 11.5 Å². The van der Waals surface area contributed by atoms with E-state index in [1.165, 1.54) is 12.1 Å². The summed E-state index contributed by atoms with van der Waals surface area (Å²) < 4.78 is 44.8. The van der Waals surface area contributed by atoms with Crippen molar-refractivity contribution < 1.29 is 27.8 Å². The van der Waals surface area contributed by atoms with E-state index in [2.05, 4.69) is 15.9 Å². The van der Waals surface area contributed by atoms with Crippen LogP contribution in [0.5, 0.6) is 11.5 Å². The van der Waals surface area contributed by atoms with Crippen molar-refractivity contribution in [2.45, 2.75) is 6.18 Å². The highest BCUT2D eigenvalue weighted by Crippen LogP contribution is 2.39. The molecule has 3 nitrogen and oxygen atoms in total. The maximum atomic E-state index is 13.0. The Labute approximate surface area is 126 Å². The highest BCUT2D eigenvalue weighted by atomic mass is 79.9. The lowest BCUT2D eigenvalue weighted by molar-refractivity contribution is -0.138. The standard InChI is InChI=1S/C14H8BrF3O3/c15-9-2-1-3-10(7-9)21-12-5-4-8(13(19)20)6-11(12)14(16,17)18/h1-7H,(H,19,20). The number of halogens is 4. The average Bonchev–Trinajstić information content (AvgIpc) is 2.37. The number of carboxylic acid groups (broad SMARTS) is 1. The van der Waals surface area contributed by atoms with Gasteiger partial charge in [0.05, 0.1) is 11.1 Å². The molecule has 1 N–H and O–H groups in total. The van der Waals surface area contributed by atoms with Crippen LogP contribution >= 0.6 is 15.9 Å². The van der Waals surface area contributed by atoms with E-state index in [-0.39, 0.29) is 5.75 Å². The average molecular weight is 361 g/mol. The van der Waals surface area contributed by atoms with Crippen molar-refractivity contribution in [3.05, 3.63) is 58.1 Å². The van der Waals surface area contributed by atoms with Crippen molar-refractivity contribution in [2.24, 2.45) is 0 Å². The zero-order valence-electron chi connectivity index (χ0n) is 10.3. The summed E-state index contributed by atoms with van der Waals surface area (Å²) in [6.07, 6.45) is -4.72. The van der Waals surface area contributed by atoms with Crippen molar-refractivity contribution in [1.82, 2.24) is 0 Å². The van der Waals surface area contributed by atoms with Crippen LogP contribution in [-0.4, -0.2) is 11.1 Å². The third-order valence-electron chi connectivity index (χ3n) is 2.56. The van der Waals surface area contributed by atoms with Crippen molar-refractivity contribution in [3.63, 3.8) is 0 Å². The molecule has 0 heterocycles. The first-order valence-electron chi connectivity index (χ1n) is 5.65. The third kappa shape index (κ3) is 3.75. The fraction of sp³-hybridized carbons (Fsp3) is 0.0714. The Kier molecular flexibility index (Phi) is 4.22. The third-order valence-corrected chi connectivity index (χ3v) is 3.05. The molecule has 21 heavy (non-hydrogen) atoms. The van der Waals surface area contributed by atoms with Gasteiger partial charge in [-0.15, -0.1) is 0 Å². The van der Waals surface area contributed by atoms with Gasteiger partial charge in [-0.3, -0.25) is 0 Å². The second-order valence-electron chi connectivity index (χ2n) is 4.07. The Balaban J connectivity index is 2.45. The molecule has 0 aliphatic heterocycles. The molecule has 2 aromatic carbocycles. The van der Waals surface area contributed by atoms with Crippen LogP contribution in [0.15, 0.2) is 46.9 Å². The second-order valence-corrected chi connectivity index (χ2v) is 4.99. The molecule has 0 aliphatic carbocycles. The van der Waals surface area contributed by atoms with Crippen molar-refractivity contribution >= 4 is 21.9 Å². The van der Waals surface area contributed by atoms with E-state index in [4.69, 9.17) is 9.84 Å².